The second-order valence-corrected chi connectivity index (χ2v) is 6.42. The first-order chi connectivity index (χ1) is 10.7. The van der Waals surface area contributed by atoms with Crippen LogP contribution < -0.4 is 5.56 Å². The van der Waals surface area contributed by atoms with Crippen LogP contribution in [0.4, 0.5) is 0 Å². The number of hydrogen-bond acceptors (Lipinski definition) is 5. The van der Waals surface area contributed by atoms with E-state index in [9.17, 15) is 14.9 Å². The van der Waals surface area contributed by atoms with Crippen LogP contribution in [0.15, 0.2) is 22.6 Å². The van der Waals surface area contributed by atoms with E-state index >= 15 is 0 Å². The Hall–Kier alpha value is -2.39. The van der Waals surface area contributed by atoms with Crippen molar-refractivity contribution in [3.05, 3.63) is 39.3 Å². The monoisotopic (exact) mass is 315 g/mol. The fraction of sp³-hybridized carbons (Fsp3) is 0.471. The summed E-state index contributed by atoms with van der Waals surface area (Å²) in [5, 5.41) is 9.42. The van der Waals surface area contributed by atoms with Gasteiger partial charge in [-0.2, -0.15) is 5.26 Å². The van der Waals surface area contributed by atoms with E-state index in [2.05, 4.69) is 0 Å². The number of aromatic nitrogens is 1. The summed E-state index contributed by atoms with van der Waals surface area (Å²) in [5.74, 6) is -0.491. The SMILES string of the molecule is CC1=C(c2ccn(CCN(C)C)c(=O)c2C#N)C(=O)OC1(C)C. The smallest absolute Gasteiger partial charge is 0.339 e. The molecule has 0 radical (unpaired) electrons. The van der Waals surface area contributed by atoms with Gasteiger partial charge >= 0.3 is 5.97 Å². The highest BCUT2D eigenvalue weighted by Crippen LogP contribution is 2.37. The maximum atomic E-state index is 12.5. The molecule has 0 fully saturated rings. The third-order valence-electron chi connectivity index (χ3n) is 4.16. The number of hydrogen-bond donors (Lipinski definition) is 0. The van der Waals surface area contributed by atoms with Crippen LogP contribution in [0.25, 0.3) is 5.57 Å². The number of pyridine rings is 1. The van der Waals surface area contributed by atoms with Crippen molar-refractivity contribution in [2.24, 2.45) is 0 Å². The van der Waals surface area contributed by atoms with Gasteiger partial charge in [0, 0.05) is 24.8 Å². The molecule has 0 spiro atoms. The zero-order valence-corrected chi connectivity index (χ0v) is 14.1. The number of nitrogens with zero attached hydrogens (tertiary/aromatic N) is 3. The van der Waals surface area contributed by atoms with Gasteiger partial charge in [0.15, 0.2) is 0 Å². The number of carbonyl (C=O) groups is 1. The van der Waals surface area contributed by atoms with E-state index in [-0.39, 0.29) is 11.1 Å². The summed E-state index contributed by atoms with van der Waals surface area (Å²) in [7, 11) is 3.82. The molecule has 1 aromatic heterocycles. The van der Waals surface area contributed by atoms with Crippen molar-refractivity contribution in [1.29, 1.82) is 5.26 Å². The molecule has 0 N–H and O–H groups in total. The van der Waals surface area contributed by atoms with Gasteiger partial charge in [-0.25, -0.2) is 4.79 Å². The van der Waals surface area contributed by atoms with E-state index < -0.39 is 11.6 Å². The maximum absolute atomic E-state index is 12.5. The molecule has 23 heavy (non-hydrogen) atoms. The summed E-state index contributed by atoms with van der Waals surface area (Å²) >= 11 is 0. The molecule has 6 heteroatoms. The van der Waals surface area contributed by atoms with Crippen LogP contribution in [-0.4, -0.2) is 41.7 Å². The third kappa shape index (κ3) is 3.06. The van der Waals surface area contributed by atoms with Crippen molar-refractivity contribution in [3.8, 4) is 6.07 Å². The quantitative estimate of drug-likeness (QED) is 0.785. The van der Waals surface area contributed by atoms with Gasteiger partial charge in [-0.15, -0.1) is 0 Å². The minimum Gasteiger partial charge on any atom is -0.451 e. The molecular weight excluding hydrogens is 294 g/mol. The van der Waals surface area contributed by atoms with E-state index in [1.807, 2.05) is 25.1 Å². The lowest BCUT2D eigenvalue weighted by molar-refractivity contribution is -0.142. The Morgan fingerprint density at radius 3 is 2.48 bits per heavy atom. The molecule has 1 aromatic rings. The predicted molar refractivity (Wildman–Crippen MR) is 86.7 cm³/mol. The molecule has 0 saturated carbocycles. The van der Waals surface area contributed by atoms with Crippen molar-refractivity contribution in [3.63, 3.8) is 0 Å². The Bertz CT molecular complexity index is 779. The van der Waals surface area contributed by atoms with Crippen LogP contribution >= 0.6 is 0 Å². The van der Waals surface area contributed by atoms with E-state index in [1.54, 1.807) is 33.0 Å². The van der Waals surface area contributed by atoms with Gasteiger partial charge in [0.25, 0.3) is 5.56 Å². The fourth-order valence-electron chi connectivity index (χ4n) is 2.50. The summed E-state index contributed by atoms with van der Waals surface area (Å²) in [5.41, 5.74) is 0.276. The van der Waals surface area contributed by atoms with Gasteiger partial charge < -0.3 is 14.2 Å². The minimum atomic E-state index is -0.723. The molecule has 1 aliphatic heterocycles. The first-order valence-electron chi connectivity index (χ1n) is 7.42. The van der Waals surface area contributed by atoms with Crippen molar-refractivity contribution in [1.82, 2.24) is 9.47 Å². The second-order valence-electron chi connectivity index (χ2n) is 6.42. The molecule has 0 atom stereocenters. The summed E-state index contributed by atoms with van der Waals surface area (Å²) < 4.78 is 6.83. The van der Waals surface area contributed by atoms with E-state index in [0.717, 1.165) is 5.57 Å². The standard InChI is InChI=1S/C17H21N3O3/c1-11-14(16(22)23-17(11,2)3)12-6-7-20(9-8-19(4)5)15(21)13(12)10-18/h6-7H,8-9H2,1-5H3. The highest BCUT2D eigenvalue weighted by molar-refractivity contribution is 6.20. The summed E-state index contributed by atoms with van der Waals surface area (Å²) in [6, 6.07) is 3.60. The minimum absolute atomic E-state index is 0.0183. The van der Waals surface area contributed by atoms with Crippen LogP contribution in [0.5, 0.6) is 0 Å². The third-order valence-corrected chi connectivity index (χ3v) is 4.16. The highest BCUT2D eigenvalue weighted by atomic mass is 16.6. The molecule has 0 saturated heterocycles. The zero-order valence-electron chi connectivity index (χ0n) is 14.1. The average molecular weight is 315 g/mol. The summed E-state index contributed by atoms with van der Waals surface area (Å²) in [6.45, 7) is 6.53. The molecule has 0 amide bonds. The number of likely N-dealkylation sites (N-methyl/N-ethyl adjacent to an activating group) is 1. The number of cyclic esters (lactones) is 1. The van der Waals surface area contributed by atoms with Crippen LogP contribution in [0.2, 0.25) is 0 Å². The second kappa shape index (κ2) is 6.01. The Morgan fingerprint density at radius 2 is 2.00 bits per heavy atom. The first kappa shape index (κ1) is 17.0. The van der Waals surface area contributed by atoms with Gasteiger partial charge in [-0.05, 0) is 46.5 Å². The van der Waals surface area contributed by atoms with Gasteiger partial charge in [0.2, 0.25) is 0 Å². The molecule has 122 valence electrons. The Balaban J connectivity index is 2.57. The van der Waals surface area contributed by atoms with Gasteiger partial charge in [-0.1, -0.05) is 0 Å². The van der Waals surface area contributed by atoms with Crippen LogP contribution in [-0.2, 0) is 16.1 Å². The molecule has 0 aliphatic carbocycles. The number of esters is 1. The number of rotatable bonds is 4. The average Bonchev–Trinajstić information content (AvgIpc) is 2.65. The molecule has 0 bridgehead atoms. The molecule has 2 heterocycles. The molecule has 1 aliphatic rings. The lowest BCUT2D eigenvalue weighted by Crippen LogP contribution is -2.28. The van der Waals surface area contributed by atoms with Crippen molar-refractivity contribution < 1.29 is 9.53 Å². The zero-order chi connectivity index (χ0) is 17.4. The van der Waals surface area contributed by atoms with Gasteiger partial charge in [0.1, 0.15) is 17.2 Å². The Labute approximate surface area is 135 Å². The number of ether oxygens (including phenoxy) is 1. The summed E-state index contributed by atoms with van der Waals surface area (Å²) in [4.78, 5) is 26.6. The Morgan fingerprint density at radius 1 is 1.35 bits per heavy atom. The number of nitriles is 1. The van der Waals surface area contributed by atoms with Crippen LogP contribution in [0.3, 0.4) is 0 Å². The molecular formula is C17H21N3O3. The summed E-state index contributed by atoms with van der Waals surface area (Å²) in [6.07, 6.45) is 1.63. The van der Waals surface area contributed by atoms with Gasteiger partial charge in [-0.3, -0.25) is 4.79 Å². The van der Waals surface area contributed by atoms with E-state index in [0.29, 0.717) is 24.2 Å². The van der Waals surface area contributed by atoms with Crippen molar-refractivity contribution >= 4 is 11.5 Å². The van der Waals surface area contributed by atoms with Crippen molar-refractivity contribution in [2.45, 2.75) is 32.9 Å². The van der Waals surface area contributed by atoms with Gasteiger partial charge in [0.05, 0.1) is 5.57 Å². The number of carbonyl (C=O) groups excluding carboxylic acids is 1. The lowest BCUT2D eigenvalue weighted by Gasteiger charge is -2.18. The normalized spacial score (nSPS) is 16.7. The largest absolute Gasteiger partial charge is 0.451 e. The Kier molecular flexibility index (Phi) is 4.44. The maximum Gasteiger partial charge on any atom is 0.339 e. The van der Waals surface area contributed by atoms with E-state index in [1.165, 1.54) is 4.57 Å². The topological polar surface area (TPSA) is 75.3 Å². The molecule has 0 aromatic carbocycles. The molecule has 6 nitrogen and oxygen atoms in total. The highest BCUT2D eigenvalue weighted by Gasteiger charge is 2.39. The molecule has 0 unspecified atom stereocenters. The fourth-order valence-corrected chi connectivity index (χ4v) is 2.50. The first-order valence-corrected chi connectivity index (χ1v) is 7.42. The predicted octanol–water partition coefficient (Wildman–Crippen LogP) is 1.39. The van der Waals surface area contributed by atoms with Crippen LogP contribution in [0, 0.1) is 11.3 Å². The van der Waals surface area contributed by atoms with Crippen LogP contribution in [0.1, 0.15) is 31.9 Å². The van der Waals surface area contributed by atoms with Crippen molar-refractivity contribution in [2.75, 3.05) is 20.6 Å². The molecule has 2 rings (SSSR count). The van der Waals surface area contributed by atoms with E-state index in [4.69, 9.17) is 4.74 Å². The lowest BCUT2D eigenvalue weighted by atomic mass is 9.92.